The van der Waals surface area contributed by atoms with Crippen LogP contribution >= 0.6 is 0 Å². The molecule has 0 saturated heterocycles. The highest BCUT2D eigenvalue weighted by Gasteiger charge is 2.51. The Morgan fingerprint density at radius 3 is 0.726 bits per heavy atom. The lowest BCUT2D eigenvalue weighted by atomic mass is 9.66. The molecule has 0 saturated carbocycles. The van der Waals surface area contributed by atoms with Gasteiger partial charge in [0, 0.05) is 65.8 Å². The summed E-state index contributed by atoms with van der Waals surface area (Å²) in [6, 6.07) is 198. The molecule has 0 bridgehead atoms. The van der Waals surface area contributed by atoms with Crippen molar-refractivity contribution in [3.63, 3.8) is 0 Å². The van der Waals surface area contributed by atoms with E-state index in [1.54, 1.807) is 0 Å². The van der Waals surface area contributed by atoms with Gasteiger partial charge >= 0.3 is 0 Å². The third-order valence-corrected chi connectivity index (χ3v) is 30.6. The molecule has 30 rings (SSSR count). The molecule has 0 atom stereocenters. The Labute approximate surface area is 844 Å². The molecule has 3 aliphatic rings. The molecule has 3 aliphatic carbocycles. The molecular weight excluding hydrogens is 1780 g/mol. The zero-order valence-corrected chi connectivity index (χ0v) is 79.5. The minimum absolute atomic E-state index is 0.515. The molecule has 0 amide bonds. The summed E-state index contributed by atoms with van der Waals surface area (Å²) < 4.78 is 27.4. The first-order valence-electron chi connectivity index (χ1n) is 50.1. The van der Waals surface area contributed by atoms with Crippen LogP contribution in [0.4, 0.5) is 51.2 Å². The van der Waals surface area contributed by atoms with E-state index in [0.717, 1.165) is 139 Å². The normalized spacial score (nSPS) is 13.1. The van der Waals surface area contributed by atoms with Gasteiger partial charge in [-0.1, -0.05) is 443 Å². The van der Waals surface area contributed by atoms with Crippen LogP contribution < -0.4 is 14.7 Å². The molecule has 4 heterocycles. The standard InChI is InChI=1S/C49H31NO2.C47H31NO.C43H29NO/c1-3-16-32(17-4-1)49(38-24-10-7-20-34(38)35-21-8-11-25-39(35)49)40-26-14-30-44-46(40)37-23-13-28-42(48(37)52-44)50(33-18-5-2-6-19-33)41-27-15-31-45-47(41)36-22-9-12-29-43(36)51-45;1-3-18-33(19-4-1)47(39-26-11-9-23-36(39)37-24-10-12-27-40(37)47)41-28-15-31-44-45(41)38-25-14-30-43(46(38)49-44)48(34-20-5-2-6-21-34)42-29-13-17-32-16-7-8-22-35(32)42;1-4-16-30(17-5-1)43(36-25-12-10-22-33(36)34-23-11-13-26-37(34)43)38-27-15-29-40-41(38)35-24-14-28-39(42(35)45-40)44(31-18-6-2-7-19-31)32-20-8-3-9-21-32/h1-31H;1-31H;1-29H. The van der Waals surface area contributed by atoms with Crippen LogP contribution in [-0.2, 0) is 16.2 Å². The van der Waals surface area contributed by atoms with Gasteiger partial charge in [0.15, 0.2) is 16.7 Å². The highest BCUT2D eigenvalue weighted by atomic mass is 16.3. The van der Waals surface area contributed by atoms with E-state index in [1.807, 2.05) is 12.1 Å². The number of nitrogens with zero attached hydrogens (tertiary/aromatic N) is 3. The second kappa shape index (κ2) is 34.7. The van der Waals surface area contributed by atoms with Crippen molar-refractivity contribution in [1.82, 2.24) is 0 Å². The van der Waals surface area contributed by atoms with E-state index >= 15 is 0 Å². The van der Waals surface area contributed by atoms with E-state index in [1.165, 1.54) is 111 Å². The van der Waals surface area contributed by atoms with Crippen molar-refractivity contribution < 1.29 is 17.7 Å². The predicted molar refractivity (Wildman–Crippen MR) is 602 cm³/mol. The summed E-state index contributed by atoms with van der Waals surface area (Å²) in [5.74, 6) is 0. The minimum Gasteiger partial charge on any atom is -0.456 e. The number of hydrogen-bond donors (Lipinski definition) is 0. The van der Waals surface area contributed by atoms with Crippen LogP contribution in [0.5, 0.6) is 0 Å². The van der Waals surface area contributed by atoms with Gasteiger partial charge in [0.25, 0.3) is 0 Å². The second-order valence-electron chi connectivity index (χ2n) is 38.0. The summed E-state index contributed by atoms with van der Waals surface area (Å²) in [4.78, 5) is 6.96. The van der Waals surface area contributed by atoms with Gasteiger partial charge < -0.3 is 32.4 Å². The summed E-state index contributed by atoms with van der Waals surface area (Å²) in [5.41, 5.74) is 37.5. The maximum atomic E-state index is 7.08. The molecule has 0 aliphatic heterocycles. The van der Waals surface area contributed by atoms with Crippen LogP contribution in [-0.4, -0.2) is 0 Å². The maximum absolute atomic E-state index is 7.08. The summed E-state index contributed by atoms with van der Waals surface area (Å²) in [5, 5.41) is 11.2. The molecule has 7 heteroatoms. The minimum atomic E-state index is -0.554. The number of rotatable bonds is 15. The van der Waals surface area contributed by atoms with Gasteiger partial charge in [-0.05, 0) is 215 Å². The molecule has 686 valence electrons. The van der Waals surface area contributed by atoms with Gasteiger partial charge in [0.1, 0.15) is 27.9 Å². The van der Waals surface area contributed by atoms with Crippen molar-refractivity contribution in [2.45, 2.75) is 16.2 Å². The molecule has 23 aromatic carbocycles. The van der Waals surface area contributed by atoms with Crippen LogP contribution in [0, 0.1) is 0 Å². The fourth-order valence-electron chi connectivity index (χ4n) is 24.9. The first-order chi connectivity index (χ1) is 72.5. The Kier molecular flexibility index (Phi) is 20.2. The van der Waals surface area contributed by atoms with Crippen LogP contribution in [0.2, 0.25) is 0 Å². The molecule has 0 radical (unpaired) electrons. The maximum Gasteiger partial charge on any atom is 0.159 e. The lowest BCUT2D eigenvalue weighted by Crippen LogP contribution is -2.28. The summed E-state index contributed by atoms with van der Waals surface area (Å²) in [6.07, 6.45) is 0. The monoisotopic (exact) mass is 1870 g/mol. The number of anilines is 9. The van der Waals surface area contributed by atoms with Crippen LogP contribution in [0.3, 0.4) is 0 Å². The molecular formula is C139H91N3O4. The molecule has 0 N–H and O–H groups in total. The van der Waals surface area contributed by atoms with E-state index in [4.69, 9.17) is 17.7 Å². The average molecular weight is 1870 g/mol. The number of para-hydroxylation sites is 8. The van der Waals surface area contributed by atoms with Gasteiger partial charge in [-0.2, -0.15) is 0 Å². The smallest absolute Gasteiger partial charge is 0.159 e. The van der Waals surface area contributed by atoms with E-state index in [2.05, 4.69) is 555 Å². The van der Waals surface area contributed by atoms with E-state index in [9.17, 15) is 0 Å². The Balaban J connectivity index is 0.000000106. The van der Waals surface area contributed by atoms with E-state index < -0.39 is 16.2 Å². The third-order valence-electron chi connectivity index (χ3n) is 30.6. The van der Waals surface area contributed by atoms with Gasteiger partial charge in [-0.25, -0.2) is 0 Å². The number of hydrogen-bond acceptors (Lipinski definition) is 7. The lowest BCUT2D eigenvalue weighted by Gasteiger charge is -2.34. The van der Waals surface area contributed by atoms with Crippen LogP contribution in [0.15, 0.2) is 570 Å². The number of furan rings is 4. The number of benzene rings is 23. The van der Waals surface area contributed by atoms with Gasteiger partial charge in [-0.15, -0.1) is 0 Å². The van der Waals surface area contributed by atoms with Crippen molar-refractivity contribution in [3.05, 3.63) is 619 Å². The zero-order chi connectivity index (χ0) is 96.4. The SMILES string of the molecule is c1ccc(N(c2cccc3c2oc2cccc(C4(c5ccccc5)c5ccccc5-c5ccccc54)c23)c2cccc3oc4ccccc4c23)cc1.c1ccc(N(c2cccc3ccccc23)c2cccc3c2oc2cccc(C4(c5ccccc5)c5ccccc5-c5ccccc54)c23)cc1.c1ccc(N(c2ccccc2)c2cccc3c2oc2cccc(C4(c5ccccc5)c5ccccc5-c5ccccc54)c23)cc1. The summed E-state index contributed by atoms with van der Waals surface area (Å²) in [7, 11) is 0. The molecule has 7 nitrogen and oxygen atoms in total. The molecule has 0 spiro atoms. The highest BCUT2D eigenvalue weighted by Crippen LogP contribution is 2.64. The molecule has 0 unspecified atom stereocenters. The summed E-state index contributed by atoms with van der Waals surface area (Å²) >= 11 is 0. The molecule has 27 aromatic rings. The quantitative estimate of drug-likeness (QED) is 0.101. The lowest BCUT2D eigenvalue weighted by molar-refractivity contribution is 0.667. The fraction of sp³-hybridized carbons (Fsp3) is 0.0216. The third kappa shape index (κ3) is 12.9. The van der Waals surface area contributed by atoms with Crippen molar-refractivity contribution in [2.75, 3.05) is 14.7 Å². The first-order valence-corrected chi connectivity index (χ1v) is 50.1. The van der Waals surface area contributed by atoms with Gasteiger partial charge in [-0.3, -0.25) is 0 Å². The zero-order valence-electron chi connectivity index (χ0n) is 79.5. The van der Waals surface area contributed by atoms with Crippen molar-refractivity contribution in [1.29, 1.82) is 0 Å². The van der Waals surface area contributed by atoms with E-state index in [-0.39, 0.29) is 0 Å². The van der Waals surface area contributed by atoms with Crippen molar-refractivity contribution in [3.8, 4) is 33.4 Å². The topological polar surface area (TPSA) is 62.3 Å². The van der Waals surface area contributed by atoms with E-state index in [0.29, 0.717) is 0 Å². The Morgan fingerprint density at radius 1 is 0.137 bits per heavy atom. The van der Waals surface area contributed by atoms with Crippen molar-refractivity contribution in [2.24, 2.45) is 0 Å². The number of fused-ring (bicyclic) bond motifs is 22. The first kappa shape index (κ1) is 84.9. The molecule has 0 fully saturated rings. The summed E-state index contributed by atoms with van der Waals surface area (Å²) in [6.45, 7) is 0. The second-order valence-corrected chi connectivity index (χ2v) is 38.0. The molecule has 4 aromatic heterocycles. The van der Waals surface area contributed by atoms with Gasteiger partial charge in [0.2, 0.25) is 0 Å². The van der Waals surface area contributed by atoms with Gasteiger partial charge in [0.05, 0.1) is 50.1 Å². The Bertz CT molecular complexity index is 9550. The Morgan fingerprint density at radius 2 is 0.363 bits per heavy atom. The molecule has 146 heavy (non-hydrogen) atoms. The van der Waals surface area contributed by atoms with Crippen LogP contribution in [0.25, 0.3) is 132 Å². The highest BCUT2D eigenvalue weighted by molar-refractivity contribution is 6.19. The van der Waals surface area contributed by atoms with Crippen molar-refractivity contribution >= 4 is 150 Å². The van der Waals surface area contributed by atoms with Crippen LogP contribution in [0.1, 0.15) is 66.8 Å². The Hall–Kier alpha value is -19.1. The predicted octanol–water partition coefficient (Wildman–Crippen LogP) is 37.3. The average Bonchev–Trinajstić information content (AvgIpc) is 1.53. The fourth-order valence-corrected chi connectivity index (χ4v) is 24.9. The largest absolute Gasteiger partial charge is 0.456 e.